The summed E-state index contributed by atoms with van der Waals surface area (Å²) in [4.78, 5) is 17.9. The Bertz CT molecular complexity index is 249. The Morgan fingerprint density at radius 2 is 1.89 bits per heavy atom. The van der Waals surface area contributed by atoms with Crippen molar-refractivity contribution < 1.29 is 4.79 Å². The molecule has 0 saturated carbocycles. The number of amides is 2. The number of carbonyl (C=O) groups is 1. The van der Waals surface area contributed by atoms with Crippen LogP contribution in [0.25, 0.3) is 0 Å². The highest BCUT2D eigenvalue weighted by molar-refractivity contribution is 5.73. The Morgan fingerprint density at radius 3 is 2.39 bits per heavy atom. The van der Waals surface area contributed by atoms with Crippen molar-refractivity contribution in [3.63, 3.8) is 0 Å². The predicted octanol–water partition coefficient (Wildman–Crippen LogP) is 0.674. The summed E-state index contributed by atoms with van der Waals surface area (Å²) in [5.41, 5.74) is 0. The molecule has 1 aliphatic rings. The Balaban J connectivity index is 2.28. The summed E-state index contributed by atoms with van der Waals surface area (Å²) in [6.45, 7) is 3.98. The zero-order valence-electron chi connectivity index (χ0n) is 12.3. The standard InChI is InChI=1S/C13H28N4O/c1-14-8-5-9-16(4)12-6-10-17(11-7-12)13(18)15(2)3/h12,14H,5-11H2,1-4H3. The smallest absolute Gasteiger partial charge is 0.319 e. The van der Waals surface area contributed by atoms with E-state index in [-0.39, 0.29) is 6.03 Å². The maximum atomic E-state index is 11.8. The third kappa shape index (κ3) is 4.46. The number of likely N-dealkylation sites (tertiary alicyclic amines) is 1. The lowest BCUT2D eigenvalue weighted by molar-refractivity contribution is 0.121. The van der Waals surface area contributed by atoms with Gasteiger partial charge < -0.3 is 20.0 Å². The van der Waals surface area contributed by atoms with E-state index in [0.29, 0.717) is 6.04 Å². The molecule has 0 aromatic rings. The quantitative estimate of drug-likeness (QED) is 0.735. The zero-order chi connectivity index (χ0) is 13.5. The second-order valence-electron chi connectivity index (χ2n) is 5.33. The molecule has 0 radical (unpaired) electrons. The second kappa shape index (κ2) is 7.59. The van der Waals surface area contributed by atoms with E-state index in [1.165, 1.54) is 6.42 Å². The molecule has 0 atom stereocenters. The molecule has 5 heteroatoms. The zero-order valence-corrected chi connectivity index (χ0v) is 12.3. The summed E-state index contributed by atoms with van der Waals surface area (Å²) in [6.07, 6.45) is 3.37. The van der Waals surface area contributed by atoms with E-state index in [4.69, 9.17) is 0 Å². The largest absolute Gasteiger partial charge is 0.331 e. The first kappa shape index (κ1) is 15.2. The summed E-state index contributed by atoms with van der Waals surface area (Å²) < 4.78 is 0. The minimum atomic E-state index is 0.145. The first-order chi connectivity index (χ1) is 8.56. The molecule has 0 bridgehead atoms. The topological polar surface area (TPSA) is 38.8 Å². The summed E-state index contributed by atoms with van der Waals surface area (Å²) in [7, 11) is 7.83. The summed E-state index contributed by atoms with van der Waals surface area (Å²) in [5, 5.41) is 3.18. The molecule has 1 N–H and O–H groups in total. The molecule has 1 saturated heterocycles. The van der Waals surface area contributed by atoms with Crippen LogP contribution in [0.15, 0.2) is 0 Å². The number of piperidine rings is 1. The van der Waals surface area contributed by atoms with Gasteiger partial charge in [0.15, 0.2) is 0 Å². The van der Waals surface area contributed by atoms with Crippen molar-refractivity contribution in [1.29, 1.82) is 0 Å². The van der Waals surface area contributed by atoms with Crippen molar-refractivity contribution in [3.05, 3.63) is 0 Å². The van der Waals surface area contributed by atoms with Crippen LogP contribution in [0.3, 0.4) is 0 Å². The Hall–Kier alpha value is -0.810. The van der Waals surface area contributed by atoms with Gasteiger partial charge in [0, 0.05) is 33.2 Å². The highest BCUT2D eigenvalue weighted by Crippen LogP contribution is 2.16. The van der Waals surface area contributed by atoms with E-state index in [0.717, 1.165) is 39.0 Å². The second-order valence-corrected chi connectivity index (χ2v) is 5.33. The maximum absolute atomic E-state index is 11.8. The Morgan fingerprint density at radius 1 is 1.28 bits per heavy atom. The van der Waals surface area contributed by atoms with Gasteiger partial charge in [-0.2, -0.15) is 0 Å². The molecule has 2 amide bonds. The van der Waals surface area contributed by atoms with Crippen molar-refractivity contribution in [2.75, 3.05) is 54.4 Å². The van der Waals surface area contributed by atoms with Gasteiger partial charge in [0.05, 0.1) is 0 Å². The van der Waals surface area contributed by atoms with Gasteiger partial charge in [-0.25, -0.2) is 4.79 Å². The number of rotatable bonds is 5. The van der Waals surface area contributed by atoms with Crippen LogP contribution in [0.4, 0.5) is 4.79 Å². The highest BCUT2D eigenvalue weighted by Gasteiger charge is 2.25. The van der Waals surface area contributed by atoms with Gasteiger partial charge in [-0.1, -0.05) is 0 Å². The van der Waals surface area contributed by atoms with Gasteiger partial charge in [-0.05, 0) is 46.4 Å². The lowest BCUT2D eigenvalue weighted by atomic mass is 10.0. The minimum Gasteiger partial charge on any atom is -0.331 e. The predicted molar refractivity (Wildman–Crippen MR) is 74.9 cm³/mol. The number of nitrogens with zero attached hydrogens (tertiary/aromatic N) is 3. The first-order valence-electron chi connectivity index (χ1n) is 6.87. The van der Waals surface area contributed by atoms with Crippen LogP contribution in [0.2, 0.25) is 0 Å². The fourth-order valence-electron chi connectivity index (χ4n) is 2.47. The molecule has 1 heterocycles. The molecule has 18 heavy (non-hydrogen) atoms. The number of hydrogen-bond donors (Lipinski definition) is 1. The van der Waals surface area contributed by atoms with Gasteiger partial charge in [0.2, 0.25) is 0 Å². The third-order valence-corrected chi connectivity index (χ3v) is 3.68. The van der Waals surface area contributed by atoms with Gasteiger partial charge in [0.1, 0.15) is 0 Å². The average molecular weight is 256 g/mol. The Kier molecular flexibility index (Phi) is 6.43. The molecule has 0 aliphatic carbocycles. The number of carbonyl (C=O) groups excluding carboxylic acids is 1. The molecule has 0 aromatic heterocycles. The van der Waals surface area contributed by atoms with Crippen molar-refractivity contribution in [1.82, 2.24) is 20.0 Å². The normalized spacial score (nSPS) is 17.3. The van der Waals surface area contributed by atoms with Crippen LogP contribution >= 0.6 is 0 Å². The Labute approximate surface area is 111 Å². The van der Waals surface area contributed by atoms with E-state index in [9.17, 15) is 4.79 Å². The number of urea groups is 1. The minimum absolute atomic E-state index is 0.145. The highest BCUT2D eigenvalue weighted by atomic mass is 16.2. The van der Waals surface area contributed by atoms with Crippen molar-refractivity contribution in [2.24, 2.45) is 0 Å². The van der Waals surface area contributed by atoms with Gasteiger partial charge in [-0.3, -0.25) is 0 Å². The van der Waals surface area contributed by atoms with Crippen molar-refractivity contribution in [3.8, 4) is 0 Å². The molecule has 5 nitrogen and oxygen atoms in total. The maximum Gasteiger partial charge on any atom is 0.319 e. The lowest BCUT2D eigenvalue weighted by Gasteiger charge is -2.37. The van der Waals surface area contributed by atoms with Crippen LogP contribution in [0, 0.1) is 0 Å². The van der Waals surface area contributed by atoms with E-state index in [2.05, 4.69) is 17.3 Å². The molecule has 106 valence electrons. The summed E-state index contributed by atoms with van der Waals surface area (Å²) in [5.74, 6) is 0. The number of nitrogens with one attached hydrogen (secondary N) is 1. The van der Waals surface area contributed by atoms with Crippen LogP contribution in [-0.2, 0) is 0 Å². The molecule has 1 aliphatic heterocycles. The van der Waals surface area contributed by atoms with Crippen LogP contribution in [0.5, 0.6) is 0 Å². The van der Waals surface area contributed by atoms with Crippen molar-refractivity contribution in [2.45, 2.75) is 25.3 Å². The fourth-order valence-corrected chi connectivity index (χ4v) is 2.47. The first-order valence-corrected chi connectivity index (χ1v) is 6.87. The third-order valence-electron chi connectivity index (χ3n) is 3.68. The van der Waals surface area contributed by atoms with E-state index in [1.807, 2.05) is 26.0 Å². The SMILES string of the molecule is CNCCCN(C)C1CCN(C(=O)N(C)C)CC1. The molecule has 1 rings (SSSR count). The van der Waals surface area contributed by atoms with Crippen LogP contribution in [-0.4, -0.2) is 81.1 Å². The van der Waals surface area contributed by atoms with Crippen molar-refractivity contribution >= 4 is 6.03 Å². The number of hydrogen-bond acceptors (Lipinski definition) is 3. The average Bonchev–Trinajstić information content (AvgIpc) is 2.38. The lowest BCUT2D eigenvalue weighted by Crippen LogP contribution is -2.48. The molecule has 0 unspecified atom stereocenters. The van der Waals surface area contributed by atoms with Crippen LogP contribution in [0.1, 0.15) is 19.3 Å². The van der Waals surface area contributed by atoms with Gasteiger partial charge >= 0.3 is 6.03 Å². The summed E-state index contributed by atoms with van der Waals surface area (Å²) >= 11 is 0. The van der Waals surface area contributed by atoms with Gasteiger partial charge in [-0.15, -0.1) is 0 Å². The molecular formula is C13H28N4O. The van der Waals surface area contributed by atoms with Crippen LogP contribution < -0.4 is 5.32 Å². The molecule has 0 spiro atoms. The molecular weight excluding hydrogens is 228 g/mol. The monoisotopic (exact) mass is 256 g/mol. The van der Waals surface area contributed by atoms with E-state index in [1.54, 1.807) is 4.90 Å². The fraction of sp³-hybridized carbons (Fsp3) is 0.923. The summed E-state index contributed by atoms with van der Waals surface area (Å²) in [6, 6.07) is 0.777. The molecule has 0 aromatic carbocycles. The van der Waals surface area contributed by atoms with E-state index < -0.39 is 0 Å². The molecule has 1 fully saturated rings. The van der Waals surface area contributed by atoms with Gasteiger partial charge in [0.25, 0.3) is 0 Å². The van der Waals surface area contributed by atoms with E-state index >= 15 is 0 Å².